The lowest BCUT2D eigenvalue weighted by Crippen LogP contribution is -2.50. The van der Waals surface area contributed by atoms with Gasteiger partial charge in [0.2, 0.25) is 15.9 Å². The van der Waals surface area contributed by atoms with Crippen LogP contribution in [0.5, 0.6) is 0 Å². The lowest BCUT2D eigenvalue weighted by Gasteiger charge is -2.37. The number of morpholine rings is 1. The maximum absolute atomic E-state index is 13.1. The van der Waals surface area contributed by atoms with Gasteiger partial charge in [0.05, 0.1) is 24.2 Å². The Balaban J connectivity index is 1.23. The van der Waals surface area contributed by atoms with E-state index >= 15 is 0 Å². The smallest absolute Gasteiger partial charge is 0.240 e. The molecule has 1 saturated heterocycles. The monoisotopic (exact) mass is 459 g/mol. The molecule has 2 saturated carbocycles. The van der Waals surface area contributed by atoms with E-state index in [0.717, 1.165) is 23.7 Å². The maximum atomic E-state index is 13.1. The Morgan fingerprint density at radius 2 is 1.84 bits per heavy atom. The number of carbonyl (C=O) groups excluding carboxylic acids is 1. The number of hydrogen-bond donors (Lipinski definition) is 1. The third-order valence-electron chi connectivity index (χ3n) is 7.41. The SMILES string of the molecule is CC1COCCN1C(=O)C1CCC(NS(=O)(=O)c2ccc3cc(C4CC4)n(C)c3c2)CC1. The van der Waals surface area contributed by atoms with E-state index in [2.05, 4.69) is 15.4 Å². The quantitative estimate of drug-likeness (QED) is 0.745. The summed E-state index contributed by atoms with van der Waals surface area (Å²) in [5, 5.41) is 1.09. The van der Waals surface area contributed by atoms with Gasteiger partial charge in [0.25, 0.3) is 0 Å². The van der Waals surface area contributed by atoms with Gasteiger partial charge in [-0.1, -0.05) is 6.07 Å². The number of fused-ring (bicyclic) bond motifs is 1. The summed E-state index contributed by atoms with van der Waals surface area (Å²) in [6.45, 7) is 3.86. The van der Waals surface area contributed by atoms with Crippen LogP contribution in [0.3, 0.4) is 0 Å². The van der Waals surface area contributed by atoms with Crippen molar-refractivity contribution >= 4 is 26.8 Å². The third-order valence-corrected chi connectivity index (χ3v) is 8.93. The molecule has 8 heteroatoms. The van der Waals surface area contributed by atoms with Crippen LogP contribution in [-0.4, -0.2) is 55.6 Å². The van der Waals surface area contributed by atoms with Crippen LogP contribution < -0.4 is 4.72 Å². The van der Waals surface area contributed by atoms with Crippen LogP contribution in [0, 0.1) is 5.92 Å². The molecule has 2 aliphatic carbocycles. The summed E-state index contributed by atoms with van der Waals surface area (Å²) in [6, 6.07) is 7.58. The Morgan fingerprint density at radius 1 is 1.09 bits per heavy atom. The average molecular weight is 460 g/mol. The molecule has 1 atom stereocenters. The van der Waals surface area contributed by atoms with Gasteiger partial charge in [-0.05, 0) is 75.0 Å². The van der Waals surface area contributed by atoms with Crippen LogP contribution >= 0.6 is 0 Å². The Bertz CT molecular complexity index is 1110. The fourth-order valence-corrected chi connectivity index (χ4v) is 6.63. The van der Waals surface area contributed by atoms with Crippen molar-refractivity contribution in [1.82, 2.24) is 14.2 Å². The largest absolute Gasteiger partial charge is 0.377 e. The second-order valence-electron chi connectivity index (χ2n) is 9.75. The number of nitrogens with one attached hydrogen (secondary N) is 1. The average Bonchev–Trinajstić information content (AvgIpc) is 3.57. The van der Waals surface area contributed by atoms with E-state index in [-0.39, 0.29) is 23.9 Å². The van der Waals surface area contributed by atoms with Crippen molar-refractivity contribution < 1.29 is 17.9 Å². The van der Waals surface area contributed by atoms with Gasteiger partial charge >= 0.3 is 0 Å². The molecule has 0 radical (unpaired) electrons. The Labute approximate surface area is 190 Å². The van der Waals surface area contributed by atoms with E-state index in [9.17, 15) is 13.2 Å². The van der Waals surface area contributed by atoms with E-state index in [1.165, 1.54) is 18.5 Å². The fourth-order valence-electron chi connectivity index (χ4n) is 5.30. The van der Waals surface area contributed by atoms with Crippen molar-refractivity contribution in [2.45, 2.75) is 68.3 Å². The Kier molecular flexibility index (Phi) is 5.80. The summed E-state index contributed by atoms with van der Waals surface area (Å²) in [5.41, 5.74) is 2.25. The minimum Gasteiger partial charge on any atom is -0.377 e. The molecule has 1 unspecified atom stereocenters. The second kappa shape index (κ2) is 8.47. The minimum atomic E-state index is -3.61. The van der Waals surface area contributed by atoms with E-state index < -0.39 is 10.0 Å². The van der Waals surface area contributed by atoms with Crippen LogP contribution in [0.2, 0.25) is 0 Å². The molecule has 2 heterocycles. The van der Waals surface area contributed by atoms with Crippen LogP contribution in [0.4, 0.5) is 0 Å². The van der Waals surface area contributed by atoms with E-state index in [1.807, 2.05) is 24.9 Å². The number of aromatic nitrogens is 1. The molecular formula is C24H33N3O4S. The number of nitrogens with zero attached hydrogens (tertiary/aromatic N) is 2. The molecule has 2 aromatic rings. The fraction of sp³-hybridized carbons (Fsp3) is 0.625. The highest BCUT2D eigenvalue weighted by Gasteiger charge is 2.34. The van der Waals surface area contributed by atoms with Crippen molar-refractivity contribution in [2.24, 2.45) is 13.0 Å². The number of rotatable bonds is 5. The van der Waals surface area contributed by atoms with Gasteiger partial charge in [0.1, 0.15) is 0 Å². The molecule has 1 aromatic carbocycles. The minimum absolute atomic E-state index is 0.0168. The number of ether oxygens (including phenoxy) is 1. The summed E-state index contributed by atoms with van der Waals surface area (Å²) in [4.78, 5) is 15.2. The number of aryl methyl sites for hydroxylation is 1. The van der Waals surface area contributed by atoms with Gasteiger partial charge < -0.3 is 14.2 Å². The van der Waals surface area contributed by atoms with Crippen molar-refractivity contribution in [2.75, 3.05) is 19.8 Å². The zero-order valence-electron chi connectivity index (χ0n) is 18.9. The van der Waals surface area contributed by atoms with Crippen molar-refractivity contribution in [3.63, 3.8) is 0 Å². The van der Waals surface area contributed by atoms with Crippen molar-refractivity contribution in [1.29, 1.82) is 0 Å². The number of hydrogen-bond acceptors (Lipinski definition) is 4. The van der Waals surface area contributed by atoms with E-state index in [1.54, 1.807) is 12.1 Å². The number of benzene rings is 1. The Hall–Kier alpha value is -1.90. The molecule has 7 nitrogen and oxygen atoms in total. The van der Waals surface area contributed by atoms with E-state index in [4.69, 9.17) is 4.74 Å². The Morgan fingerprint density at radius 3 is 2.53 bits per heavy atom. The van der Waals surface area contributed by atoms with Gasteiger partial charge in [0, 0.05) is 36.8 Å². The van der Waals surface area contributed by atoms with Gasteiger partial charge in [-0.25, -0.2) is 13.1 Å². The zero-order valence-corrected chi connectivity index (χ0v) is 19.7. The summed E-state index contributed by atoms with van der Waals surface area (Å²) in [5.74, 6) is 0.795. The topological polar surface area (TPSA) is 80.6 Å². The lowest BCUT2D eigenvalue weighted by atomic mass is 9.85. The molecule has 1 aliphatic heterocycles. The van der Waals surface area contributed by atoms with Crippen molar-refractivity contribution in [3.8, 4) is 0 Å². The maximum Gasteiger partial charge on any atom is 0.240 e. The predicted octanol–water partition coefficient (Wildman–Crippen LogP) is 3.14. The first-order chi connectivity index (χ1) is 15.3. The summed E-state index contributed by atoms with van der Waals surface area (Å²) in [7, 11) is -1.58. The standard InChI is InChI=1S/C24H33N3O4S/c1-16-15-31-12-11-27(16)24(28)18-5-8-20(9-6-18)25-32(29,30)21-10-7-19-13-22(17-3-4-17)26(2)23(19)14-21/h7,10,13-14,16-18,20,25H,3-6,8-9,11-12,15H2,1-2H3. The number of amides is 1. The molecule has 3 fully saturated rings. The van der Waals surface area contributed by atoms with Gasteiger partial charge in [-0.2, -0.15) is 0 Å². The molecule has 0 bridgehead atoms. The first-order valence-electron chi connectivity index (χ1n) is 11.8. The summed E-state index contributed by atoms with van der Waals surface area (Å²) < 4.78 is 36.7. The first-order valence-corrected chi connectivity index (χ1v) is 13.3. The molecular weight excluding hydrogens is 426 g/mol. The first kappa shape index (κ1) is 21.9. The molecule has 1 aromatic heterocycles. The van der Waals surface area contributed by atoms with E-state index in [0.29, 0.717) is 43.4 Å². The highest BCUT2D eigenvalue weighted by Crippen LogP contribution is 2.42. The lowest BCUT2D eigenvalue weighted by molar-refractivity contribution is -0.144. The van der Waals surface area contributed by atoms with Crippen LogP contribution in [0.15, 0.2) is 29.2 Å². The number of carbonyl (C=O) groups is 1. The molecule has 1 amide bonds. The van der Waals surface area contributed by atoms with Crippen LogP contribution in [-0.2, 0) is 26.6 Å². The zero-order chi connectivity index (χ0) is 22.5. The van der Waals surface area contributed by atoms with Crippen molar-refractivity contribution in [3.05, 3.63) is 30.0 Å². The molecule has 5 rings (SSSR count). The highest BCUT2D eigenvalue weighted by molar-refractivity contribution is 7.89. The third kappa shape index (κ3) is 4.20. The van der Waals surface area contributed by atoms with Gasteiger partial charge in [0.15, 0.2) is 0 Å². The van der Waals surface area contributed by atoms with Gasteiger partial charge in [-0.3, -0.25) is 4.79 Å². The summed E-state index contributed by atoms with van der Waals surface area (Å²) in [6.07, 6.45) is 5.24. The molecule has 1 N–H and O–H groups in total. The van der Waals surface area contributed by atoms with Crippen LogP contribution in [0.1, 0.15) is 57.1 Å². The van der Waals surface area contributed by atoms with Gasteiger partial charge in [-0.15, -0.1) is 0 Å². The molecule has 174 valence electrons. The predicted molar refractivity (Wildman–Crippen MR) is 123 cm³/mol. The highest BCUT2D eigenvalue weighted by atomic mass is 32.2. The second-order valence-corrected chi connectivity index (χ2v) is 11.5. The normalized spacial score (nSPS) is 27.1. The summed E-state index contributed by atoms with van der Waals surface area (Å²) >= 11 is 0. The molecule has 3 aliphatic rings. The molecule has 0 spiro atoms. The molecule has 32 heavy (non-hydrogen) atoms. The van der Waals surface area contributed by atoms with Crippen LogP contribution in [0.25, 0.3) is 10.9 Å². The number of sulfonamides is 1.